The molecule has 1 aromatic carbocycles. The number of hydrogen-bond donors (Lipinski definition) is 2. The maximum absolute atomic E-state index is 13.0. The zero-order valence-corrected chi connectivity index (χ0v) is 21.7. The van der Waals surface area contributed by atoms with Gasteiger partial charge in [0.25, 0.3) is 5.91 Å². The van der Waals surface area contributed by atoms with Gasteiger partial charge in [-0.15, -0.1) is 0 Å². The van der Waals surface area contributed by atoms with E-state index >= 15 is 0 Å². The second-order valence-electron chi connectivity index (χ2n) is 9.42. The smallest absolute Gasteiger partial charge is 0.303 e. The quantitative estimate of drug-likeness (QED) is 0.385. The van der Waals surface area contributed by atoms with Crippen molar-refractivity contribution >= 4 is 38.8 Å². The maximum Gasteiger partial charge on any atom is 0.303 e. The number of aryl methyl sites for hydroxylation is 2. The van der Waals surface area contributed by atoms with E-state index in [0.717, 1.165) is 41.4 Å². The van der Waals surface area contributed by atoms with E-state index in [4.69, 9.17) is 9.52 Å². The third-order valence-corrected chi connectivity index (χ3v) is 7.58. The van der Waals surface area contributed by atoms with Gasteiger partial charge in [0.2, 0.25) is 15.7 Å². The molecule has 0 aliphatic heterocycles. The number of pyridine rings is 1. The van der Waals surface area contributed by atoms with E-state index in [1.807, 2.05) is 38.1 Å². The molecule has 1 amide bonds. The van der Waals surface area contributed by atoms with Gasteiger partial charge in [-0.1, -0.05) is 23.8 Å². The molecule has 192 valence electrons. The summed E-state index contributed by atoms with van der Waals surface area (Å²) in [5, 5.41) is 12.2. The number of aliphatic carboxylic acids is 1. The second kappa shape index (κ2) is 9.93. The van der Waals surface area contributed by atoms with Gasteiger partial charge >= 0.3 is 5.97 Å². The Morgan fingerprint density at radius 1 is 1.19 bits per heavy atom. The fourth-order valence-electron chi connectivity index (χ4n) is 4.49. The summed E-state index contributed by atoms with van der Waals surface area (Å²) in [4.78, 5) is 28.6. The Labute approximate surface area is 210 Å². The summed E-state index contributed by atoms with van der Waals surface area (Å²) < 4.78 is 33.0. The number of sulfonamides is 1. The molecule has 1 saturated carbocycles. The zero-order valence-electron chi connectivity index (χ0n) is 20.9. The molecule has 4 rings (SSSR count). The first-order chi connectivity index (χ1) is 17.0. The van der Waals surface area contributed by atoms with Crippen LogP contribution in [0.5, 0.6) is 0 Å². The van der Waals surface area contributed by atoms with Crippen molar-refractivity contribution in [2.75, 3.05) is 24.2 Å². The van der Waals surface area contributed by atoms with Crippen molar-refractivity contribution in [3.63, 3.8) is 0 Å². The molecule has 1 aliphatic rings. The fraction of sp³-hybridized carbons (Fsp3) is 0.423. The average Bonchev–Trinajstić information content (AvgIpc) is 3.57. The van der Waals surface area contributed by atoms with Gasteiger partial charge in [0.15, 0.2) is 5.76 Å². The van der Waals surface area contributed by atoms with Crippen molar-refractivity contribution in [1.29, 1.82) is 0 Å². The van der Waals surface area contributed by atoms with Crippen LogP contribution in [0.1, 0.15) is 65.1 Å². The fourth-order valence-corrected chi connectivity index (χ4v) is 5.41. The number of hydrogen-bond acceptors (Lipinski definition) is 6. The first-order valence-corrected chi connectivity index (χ1v) is 13.8. The highest BCUT2D eigenvalue weighted by atomic mass is 32.2. The molecule has 0 spiro atoms. The minimum atomic E-state index is -3.70. The van der Waals surface area contributed by atoms with Crippen molar-refractivity contribution in [2.24, 2.45) is 0 Å². The van der Waals surface area contributed by atoms with Crippen molar-refractivity contribution < 1.29 is 27.5 Å². The van der Waals surface area contributed by atoms with Crippen LogP contribution in [0.4, 0.5) is 5.82 Å². The van der Waals surface area contributed by atoms with Gasteiger partial charge < -0.3 is 14.8 Å². The summed E-state index contributed by atoms with van der Waals surface area (Å²) in [7, 11) is -2.15. The Kier molecular flexibility index (Phi) is 7.08. The molecular weight excluding hydrogens is 482 g/mol. The van der Waals surface area contributed by atoms with E-state index in [2.05, 4.69) is 10.3 Å². The van der Waals surface area contributed by atoms with Crippen LogP contribution in [-0.2, 0) is 14.8 Å². The molecular formula is C26H31N3O6S. The third-order valence-electron chi connectivity index (χ3n) is 6.43. The van der Waals surface area contributed by atoms with Crippen molar-refractivity contribution in [3.05, 3.63) is 46.5 Å². The second-order valence-corrected chi connectivity index (χ2v) is 11.3. The minimum absolute atomic E-state index is 0.0352. The van der Waals surface area contributed by atoms with E-state index in [0.29, 0.717) is 29.6 Å². The molecule has 1 aliphatic carbocycles. The van der Waals surface area contributed by atoms with Crippen LogP contribution in [0.25, 0.3) is 22.4 Å². The number of nitrogens with zero attached hydrogens (tertiary/aromatic N) is 2. The first kappa shape index (κ1) is 25.7. The van der Waals surface area contributed by atoms with Gasteiger partial charge in [0.05, 0.1) is 17.2 Å². The molecule has 1 fully saturated rings. The molecule has 0 bridgehead atoms. The van der Waals surface area contributed by atoms with Gasteiger partial charge in [-0.25, -0.2) is 8.42 Å². The predicted octanol–water partition coefficient (Wildman–Crippen LogP) is 4.37. The molecule has 10 heteroatoms. The van der Waals surface area contributed by atoms with Gasteiger partial charge in [-0.3, -0.25) is 13.9 Å². The molecule has 3 aromatic rings. The molecule has 36 heavy (non-hydrogen) atoms. The number of carboxylic acids is 1. The topological polar surface area (TPSA) is 130 Å². The normalized spacial score (nSPS) is 13.7. The summed E-state index contributed by atoms with van der Waals surface area (Å²) >= 11 is 0. The molecule has 2 N–H and O–H groups in total. The van der Waals surface area contributed by atoms with Crippen LogP contribution >= 0.6 is 0 Å². The summed E-state index contributed by atoms with van der Waals surface area (Å²) in [6, 6.07) is 7.70. The maximum atomic E-state index is 13.0. The highest BCUT2D eigenvalue weighted by Gasteiger charge is 2.34. The standard InChI is InChI=1S/C26H31N3O6S/c1-15-8-11-18(16(2)13-15)23-22(25(32)27-3)20-14-19(17-9-10-17)24(28-26(20)35-23)29(36(4,33)34)12-6-5-7-21(30)31/h8,11,13-14,17H,5-7,9-10,12H2,1-4H3,(H,27,32)(H,30,31). The summed E-state index contributed by atoms with van der Waals surface area (Å²) in [6.07, 6.45) is 3.60. The number of carbonyl (C=O) groups excluding carboxylic acids is 1. The van der Waals surface area contributed by atoms with Gasteiger partial charge in [0, 0.05) is 25.6 Å². The number of furan rings is 1. The van der Waals surface area contributed by atoms with E-state index in [1.165, 1.54) is 4.31 Å². The number of amides is 1. The average molecular weight is 514 g/mol. The number of rotatable bonds is 10. The Morgan fingerprint density at radius 3 is 2.50 bits per heavy atom. The van der Waals surface area contributed by atoms with Gasteiger partial charge in [-0.2, -0.15) is 4.98 Å². The summed E-state index contributed by atoms with van der Waals surface area (Å²) in [6.45, 7) is 4.04. The third kappa shape index (κ3) is 5.23. The monoisotopic (exact) mass is 513 g/mol. The number of unbranched alkanes of at least 4 members (excludes halogenated alkanes) is 1. The number of carbonyl (C=O) groups is 2. The van der Waals surface area contributed by atoms with E-state index in [1.54, 1.807) is 7.05 Å². The number of aromatic nitrogens is 1. The van der Waals surface area contributed by atoms with Crippen LogP contribution in [0.3, 0.4) is 0 Å². The summed E-state index contributed by atoms with van der Waals surface area (Å²) in [5.41, 5.74) is 4.09. The molecule has 9 nitrogen and oxygen atoms in total. The Morgan fingerprint density at radius 2 is 1.92 bits per heavy atom. The predicted molar refractivity (Wildman–Crippen MR) is 138 cm³/mol. The highest BCUT2D eigenvalue weighted by molar-refractivity contribution is 7.92. The Bertz CT molecular complexity index is 1440. The first-order valence-electron chi connectivity index (χ1n) is 12.0. The lowest BCUT2D eigenvalue weighted by Gasteiger charge is -2.23. The molecule has 2 aromatic heterocycles. The molecule has 0 radical (unpaired) electrons. The number of nitrogens with one attached hydrogen (secondary N) is 1. The number of benzene rings is 1. The van der Waals surface area contributed by atoms with E-state index < -0.39 is 16.0 Å². The van der Waals surface area contributed by atoms with Crippen molar-refractivity contribution in [2.45, 2.75) is 51.9 Å². The van der Waals surface area contributed by atoms with E-state index in [-0.39, 0.29) is 36.3 Å². The van der Waals surface area contributed by atoms with Gasteiger partial charge in [0.1, 0.15) is 5.82 Å². The summed E-state index contributed by atoms with van der Waals surface area (Å²) in [5.74, 6) is -0.422. The molecule has 0 saturated heterocycles. The number of fused-ring (bicyclic) bond motifs is 1. The van der Waals surface area contributed by atoms with Crippen LogP contribution in [0.2, 0.25) is 0 Å². The van der Waals surface area contributed by atoms with Crippen LogP contribution < -0.4 is 9.62 Å². The molecule has 0 atom stereocenters. The van der Waals surface area contributed by atoms with Crippen molar-refractivity contribution in [1.82, 2.24) is 10.3 Å². The van der Waals surface area contributed by atoms with Crippen LogP contribution in [0.15, 0.2) is 28.7 Å². The Hall–Kier alpha value is -3.40. The Balaban J connectivity index is 1.89. The number of anilines is 1. The molecule has 0 unspecified atom stereocenters. The largest absolute Gasteiger partial charge is 0.481 e. The molecule has 2 heterocycles. The van der Waals surface area contributed by atoms with E-state index in [9.17, 15) is 18.0 Å². The van der Waals surface area contributed by atoms with Crippen LogP contribution in [-0.4, -0.2) is 50.2 Å². The lowest BCUT2D eigenvalue weighted by molar-refractivity contribution is -0.137. The highest BCUT2D eigenvalue weighted by Crippen LogP contribution is 2.47. The zero-order chi connectivity index (χ0) is 26.2. The lowest BCUT2D eigenvalue weighted by atomic mass is 9.99. The van der Waals surface area contributed by atoms with Crippen molar-refractivity contribution in [3.8, 4) is 11.3 Å². The van der Waals surface area contributed by atoms with Crippen LogP contribution in [0, 0.1) is 13.8 Å². The SMILES string of the molecule is CNC(=O)c1c(-c2ccc(C)cc2C)oc2nc(N(CCCCC(=O)O)S(C)(=O)=O)c(C3CC3)cc12. The minimum Gasteiger partial charge on any atom is -0.481 e. The number of carboxylic acid groups (broad SMARTS) is 1. The van der Waals surface area contributed by atoms with Gasteiger partial charge in [-0.05, 0) is 62.6 Å². The lowest BCUT2D eigenvalue weighted by Crippen LogP contribution is -2.32.